The zero-order valence-electron chi connectivity index (χ0n) is 16.8. The van der Waals surface area contributed by atoms with Crippen LogP contribution >= 0.6 is 0 Å². The first-order valence-electron chi connectivity index (χ1n) is 10.3. The van der Waals surface area contributed by atoms with Gasteiger partial charge in [-0.05, 0) is 49.2 Å². The molecule has 2 aromatic rings. The topological polar surface area (TPSA) is 76.2 Å². The van der Waals surface area contributed by atoms with Crippen molar-refractivity contribution in [2.45, 2.75) is 30.6 Å². The Hall–Kier alpha value is -2.58. The second-order valence-corrected chi connectivity index (χ2v) is 9.38. The van der Waals surface area contributed by atoms with Gasteiger partial charge in [0.1, 0.15) is 18.1 Å². The van der Waals surface area contributed by atoms with Crippen LogP contribution < -0.4 is 14.4 Å². The van der Waals surface area contributed by atoms with E-state index in [1.807, 2.05) is 24.3 Å². The molecule has 0 unspecified atom stereocenters. The zero-order valence-corrected chi connectivity index (χ0v) is 17.6. The van der Waals surface area contributed by atoms with Gasteiger partial charge in [-0.2, -0.15) is 4.31 Å². The minimum Gasteiger partial charge on any atom is -0.490 e. The van der Waals surface area contributed by atoms with Gasteiger partial charge < -0.3 is 14.4 Å². The maximum atomic E-state index is 12.9. The third-order valence-electron chi connectivity index (χ3n) is 5.42. The summed E-state index contributed by atoms with van der Waals surface area (Å²) in [5.74, 6) is 0.965. The highest BCUT2D eigenvalue weighted by Crippen LogP contribution is 2.31. The number of nitrogens with zero attached hydrogens (tertiary/aromatic N) is 2. The molecule has 0 aliphatic carbocycles. The van der Waals surface area contributed by atoms with Crippen molar-refractivity contribution in [1.29, 1.82) is 0 Å². The van der Waals surface area contributed by atoms with E-state index in [0.29, 0.717) is 37.7 Å². The number of rotatable bonds is 5. The minimum absolute atomic E-state index is 0.132. The monoisotopic (exact) mass is 430 g/mol. The van der Waals surface area contributed by atoms with Gasteiger partial charge >= 0.3 is 0 Å². The van der Waals surface area contributed by atoms with Gasteiger partial charge in [0.15, 0.2) is 6.61 Å². The van der Waals surface area contributed by atoms with E-state index in [0.717, 1.165) is 31.4 Å². The first kappa shape index (κ1) is 20.7. The fourth-order valence-electron chi connectivity index (χ4n) is 3.79. The molecule has 0 spiro atoms. The molecule has 4 rings (SSSR count). The average Bonchev–Trinajstić information content (AvgIpc) is 3.08. The van der Waals surface area contributed by atoms with Crippen molar-refractivity contribution in [3.05, 3.63) is 48.5 Å². The number of hydrogen-bond acceptors (Lipinski definition) is 5. The highest BCUT2D eigenvalue weighted by molar-refractivity contribution is 7.89. The van der Waals surface area contributed by atoms with Crippen LogP contribution in [0.1, 0.15) is 25.7 Å². The number of carbonyl (C=O) groups excluding carboxylic acids is 1. The molecule has 8 heteroatoms. The van der Waals surface area contributed by atoms with Crippen LogP contribution in [0.2, 0.25) is 0 Å². The lowest BCUT2D eigenvalue weighted by molar-refractivity contribution is -0.120. The van der Waals surface area contributed by atoms with Gasteiger partial charge in [0, 0.05) is 13.1 Å². The lowest BCUT2D eigenvalue weighted by Gasteiger charge is -2.29. The molecule has 2 heterocycles. The molecule has 1 saturated heterocycles. The van der Waals surface area contributed by atoms with Gasteiger partial charge in [-0.1, -0.05) is 25.0 Å². The highest BCUT2D eigenvalue weighted by atomic mass is 32.2. The van der Waals surface area contributed by atoms with Gasteiger partial charge in [0.2, 0.25) is 10.0 Å². The van der Waals surface area contributed by atoms with E-state index in [1.54, 1.807) is 33.5 Å². The highest BCUT2D eigenvalue weighted by Gasteiger charge is 2.26. The lowest BCUT2D eigenvalue weighted by Crippen LogP contribution is -2.40. The molecule has 30 heavy (non-hydrogen) atoms. The largest absolute Gasteiger partial charge is 0.490 e. The summed E-state index contributed by atoms with van der Waals surface area (Å²) in [6.07, 6.45) is 3.93. The normalized spacial score (nSPS) is 17.5. The Morgan fingerprint density at radius 1 is 0.933 bits per heavy atom. The summed E-state index contributed by atoms with van der Waals surface area (Å²) < 4.78 is 38.5. The fourth-order valence-corrected chi connectivity index (χ4v) is 5.31. The second-order valence-electron chi connectivity index (χ2n) is 7.44. The number of hydrogen-bond donors (Lipinski definition) is 0. The molecule has 160 valence electrons. The van der Waals surface area contributed by atoms with Gasteiger partial charge in [-0.3, -0.25) is 4.79 Å². The van der Waals surface area contributed by atoms with Gasteiger partial charge in [-0.15, -0.1) is 0 Å². The summed E-state index contributed by atoms with van der Waals surface area (Å²) in [6, 6.07) is 13.7. The summed E-state index contributed by atoms with van der Waals surface area (Å²) in [6.45, 7) is 1.90. The Bertz CT molecular complexity index is 983. The molecule has 0 radical (unpaired) electrons. The summed E-state index contributed by atoms with van der Waals surface area (Å²) in [7, 11) is -3.50. The summed E-state index contributed by atoms with van der Waals surface area (Å²) in [4.78, 5) is 14.5. The van der Waals surface area contributed by atoms with Gasteiger partial charge in [-0.25, -0.2) is 8.42 Å². The molecular formula is C22H26N2O5S. The Balaban J connectivity index is 1.39. The number of carbonyl (C=O) groups is 1. The van der Waals surface area contributed by atoms with Crippen molar-refractivity contribution in [3.8, 4) is 11.5 Å². The van der Waals surface area contributed by atoms with Crippen LogP contribution in [0.3, 0.4) is 0 Å². The Morgan fingerprint density at radius 2 is 1.63 bits per heavy atom. The zero-order chi connectivity index (χ0) is 21.0. The first-order valence-corrected chi connectivity index (χ1v) is 11.7. The number of fused-ring (bicyclic) bond motifs is 1. The number of anilines is 1. The molecule has 1 fully saturated rings. The van der Waals surface area contributed by atoms with E-state index < -0.39 is 10.0 Å². The van der Waals surface area contributed by atoms with Crippen LogP contribution in [0.15, 0.2) is 53.4 Å². The quantitative estimate of drug-likeness (QED) is 0.729. The van der Waals surface area contributed by atoms with Crippen molar-refractivity contribution in [3.63, 3.8) is 0 Å². The maximum Gasteiger partial charge on any atom is 0.265 e. The molecule has 0 bridgehead atoms. The van der Waals surface area contributed by atoms with Crippen LogP contribution in [-0.2, 0) is 14.8 Å². The molecule has 2 aromatic carbocycles. The predicted octanol–water partition coefficient (Wildman–Crippen LogP) is 3.06. The summed E-state index contributed by atoms with van der Waals surface area (Å²) in [5.41, 5.74) is 0.733. The van der Waals surface area contributed by atoms with Gasteiger partial charge in [0.05, 0.1) is 17.1 Å². The Kier molecular flexibility index (Phi) is 6.24. The Morgan fingerprint density at radius 3 is 2.37 bits per heavy atom. The average molecular weight is 431 g/mol. The molecule has 2 aliphatic heterocycles. The molecular weight excluding hydrogens is 404 g/mol. The van der Waals surface area contributed by atoms with E-state index in [2.05, 4.69) is 0 Å². The molecule has 7 nitrogen and oxygen atoms in total. The minimum atomic E-state index is -3.50. The van der Waals surface area contributed by atoms with E-state index in [9.17, 15) is 13.2 Å². The third kappa shape index (κ3) is 4.44. The number of para-hydroxylation sites is 2. The SMILES string of the molecule is O=C(COc1ccc(S(=O)(=O)N2CCCCCC2)cc1)N1CCOc2ccccc21. The molecule has 0 aromatic heterocycles. The number of benzene rings is 2. The van der Waals surface area contributed by atoms with Gasteiger partial charge in [0.25, 0.3) is 5.91 Å². The van der Waals surface area contributed by atoms with E-state index in [1.165, 1.54) is 0 Å². The van der Waals surface area contributed by atoms with Crippen molar-refractivity contribution in [2.24, 2.45) is 0 Å². The number of ether oxygens (including phenoxy) is 2. The molecule has 2 aliphatic rings. The van der Waals surface area contributed by atoms with Crippen LogP contribution in [0, 0.1) is 0 Å². The summed E-state index contributed by atoms with van der Waals surface area (Å²) >= 11 is 0. The Labute approximate surface area is 177 Å². The van der Waals surface area contributed by atoms with Crippen LogP contribution in [0.25, 0.3) is 0 Å². The van der Waals surface area contributed by atoms with Crippen molar-refractivity contribution in [2.75, 3.05) is 37.7 Å². The fraction of sp³-hybridized carbons (Fsp3) is 0.409. The van der Waals surface area contributed by atoms with Crippen molar-refractivity contribution in [1.82, 2.24) is 4.31 Å². The van der Waals surface area contributed by atoms with Crippen molar-refractivity contribution < 1.29 is 22.7 Å². The smallest absolute Gasteiger partial charge is 0.265 e. The number of amides is 1. The van der Waals surface area contributed by atoms with E-state index in [4.69, 9.17) is 9.47 Å². The summed E-state index contributed by atoms with van der Waals surface area (Å²) in [5, 5.41) is 0. The van der Waals surface area contributed by atoms with Crippen LogP contribution in [0.5, 0.6) is 11.5 Å². The van der Waals surface area contributed by atoms with E-state index >= 15 is 0 Å². The second kappa shape index (κ2) is 9.06. The van der Waals surface area contributed by atoms with Crippen molar-refractivity contribution >= 4 is 21.6 Å². The maximum absolute atomic E-state index is 12.9. The molecule has 0 atom stereocenters. The standard InChI is InChI=1S/C22H26N2O5S/c25-22(24-15-16-28-21-8-4-3-7-20(21)24)17-29-18-9-11-19(12-10-18)30(26,27)23-13-5-1-2-6-14-23/h3-4,7-12H,1-2,5-6,13-17H2. The van der Waals surface area contributed by atoms with Crippen LogP contribution in [-0.4, -0.2) is 51.5 Å². The molecule has 0 N–H and O–H groups in total. The third-order valence-corrected chi connectivity index (χ3v) is 7.33. The first-order chi connectivity index (χ1) is 14.6. The molecule has 0 saturated carbocycles. The van der Waals surface area contributed by atoms with Crippen LogP contribution in [0.4, 0.5) is 5.69 Å². The lowest BCUT2D eigenvalue weighted by atomic mass is 10.2. The molecule has 1 amide bonds. The predicted molar refractivity (Wildman–Crippen MR) is 113 cm³/mol. The van der Waals surface area contributed by atoms with E-state index in [-0.39, 0.29) is 17.4 Å². The number of sulfonamides is 1.